The van der Waals surface area contributed by atoms with E-state index in [4.69, 9.17) is 5.73 Å². The number of piperidine rings is 1. The van der Waals surface area contributed by atoms with E-state index in [1.54, 1.807) is 0 Å². The van der Waals surface area contributed by atoms with Crippen molar-refractivity contribution in [3.05, 3.63) is 5.69 Å². The highest BCUT2D eigenvalue weighted by Gasteiger charge is 2.19. The highest BCUT2D eigenvalue weighted by molar-refractivity contribution is 5.77. The van der Waals surface area contributed by atoms with Gasteiger partial charge in [-0.05, 0) is 39.7 Å². The molecule has 2 aromatic heterocycles. The van der Waals surface area contributed by atoms with Crippen LogP contribution in [0.5, 0.6) is 0 Å². The predicted molar refractivity (Wildman–Crippen MR) is 85.2 cm³/mol. The van der Waals surface area contributed by atoms with Crippen LogP contribution in [-0.4, -0.2) is 43.4 Å². The van der Waals surface area contributed by atoms with Crippen molar-refractivity contribution in [2.24, 2.45) is 7.05 Å². The summed E-state index contributed by atoms with van der Waals surface area (Å²) in [6.07, 6.45) is 5.15. The molecule has 1 saturated heterocycles. The Balaban J connectivity index is 1.69. The van der Waals surface area contributed by atoms with Crippen LogP contribution in [0.3, 0.4) is 0 Å². The average molecular weight is 290 g/mol. The number of likely N-dealkylation sites (tertiary alicyclic amines) is 1. The summed E-state index contributed by atoms with van der Waals surface area (Å²) in [4.78, 5) is 7.06. The Morgan fingerprint density at radius 3 is 2.86 bits per heavy atom. The average Bonchev–Trinajstić information content (AvgIpc) is 2.91. The molecule has 3 heterocycles. The normalized spacial score (nSPS) is 20.4. The van der Waals surface area contributed by atoms with Crippen LogP contribution >= 0.6 is 0 Å². The summed E-state index contributed by atoms with van der Waals surface area (Å²) >= 11 is 0. The number of rotatable bonds is 4. The highest BCUT2D eigenvalue weighted by atomic mass is 15.3. The van der Waals surface area contributed by atoms with E-state index in [-0.39, 0.29) is 0 Å². The summed E-state index contributed by atoms with van der Waals surface area (Å²) in [5.74, 6) is 0.604. The molecule has 1 unspecified atom stereocenters. The zero-order valence-electron chi connectivity index (χ0n) is 13.3. The van der Waals surface area contributed by atoms with Crippen molar-refractivity contribution in [3.63, 3.8) is 0 Å². The maximum Gasteiger partial charge on any atom is 0.202 e. The highest BCUT2D eigenvalue weighted by Crippen LogP contribution is 2.21. The monoisotopic (exact) mass is 290 g/mol. The van der Waals surface area contributed by atoms with Crippen LogP contribution in [0, 0.1) is 6.92 Å². The van der Waals surface area contributed by atoms with Crippen LogP contribution in [-0.2, 0) is 13.6 Å². The number of nitrogen functional groups attached to an aromatic ring is 1. The molecule has 0 radical (unpaired) electrons. The van der Waals surface area contributed by atoms with E-state index >= 15 is 0 Å². The van der Waals surface area contributed by atoms with Gasteiger partial charge >= 0.3 is 0 Å². The Bertz CT molecular complexity index is 626. The molecule has 0 aliphatic carbocycles. The largest absolute Gasteiger partial charge is 0.369 e. The molecular weight excluding hydrogens is 264 g/mol. The third-order valence-corrected chi connectivity index (χ3v) is 4.69. The van der Waals surface area contributed by atoms with E-state index in [1.807, 2.05) is 18.7 Å². The quantitative estimate of drug-likeness (QED) is 0.934. The Kier molecular flexibility index (Phi) is 3.89. The fraction of sp³-hybridized carbons (Fsp3) is 0.733. The lowest BCUT2D eigenvalue weighted by molar-refractivity contribution is 0.157. The maximum atomic E-state index is 6.08. The molecule has 1 fully saturated rings. The van der Waals surface area contributed by atoms with Gasteiger partial charge in [0.1, 0.15) is 5.52 Å². The standard InChI is InChI=1S/C15H26N6/c1-11-7-4-5-8-20(11)9-6-10-21-14-13(17-15(21)16)12(2)18-19(14)3/h11H,4-10H2,1-3H3,(H2,16,17). The topological polar surface area (TPSA) is 64.9 Å². The molecule has 1 aliphatic heterocycles. The van der Waals surface area contributed by atoms with Crippen LogP contribution in [0.25, 0.3) is 11.2 Å². The van der Waals surface area contributed by atoms with Gasteiger partial charge in [0.15, 0.2) is 5.65 Å². The van der Waals surface area contributed by atoms with Crippen molar-refractivity contribution in [1.29, 1.82) is 0 Å². The first-order chi connectivity index (χ1) is 10.1. The molecule has 0 bridgehead atoms. The minimum absolute atomic E-state index is 0.604. The van der Waals surface area contributed by atoms with Crippen molar-refractivity contribution in [3.8, 4) is 0 Å². The van der Waals surface area contributed by atoms with E-state index in [0.717, 1.165) is 42.4 Å². The van der Waals surface area contributed by atoms with Crippen molar-refractivity contribution in [1.82, 2.24) is 24.2 Å². The van der Waals surface area contributed by atoms with Crippen LogP contribution < -0.4 is 5.73 Å². The van der Waals surface area contributed by atoms with E-state index in [0.29, 0.717) is 5.95 Å². The molecule has 1 atom stereocenters. The van der Waals surface area contributed by atoms with Crippen LogP contribution in [0.15, 0.2) is 0 Å². The van der Waals surface area contributed by atoms with Crippen LogP contribution in [0.4, 0.5) is 5.95 Å². The number of aromatic nitrogens is 4. The fourth-order valence-electron chi connectivity index (χ4n) is 3.49. The van der Waals surface area contributed by atoms with Gasteiger partial charge in [0, 0.05) is 26.2 Å². The van der Waals surface area contributed by atoms with Gasteiger partial charge in [-0.2, -0.15) is 5.10 Å². The summed E-state index contributed by atoms with van der Waals surface area (Å²) in [7, 11) is 1.96. The molecule has 6 nitrogen and oxygen atoms in total. The van der Waals surface area contributed by atoms with E-state index in [1.165, 1.54) is 25.8 Å². The summed E-state index contributed by atoms with van der Waals surface area (Å²) in [5.41, 5.74) is 9.00. The summed E-state index contributed by atoms with van der Waals surface area (Å²) in [6, 6.07) is 0.720. The second-order valence-electron chi connectivity index (χ2n) is 6.24. The van der Waals surface area contributed by atoms with Crippen molar-refractivity contribution in [2.45, 2.75) is 52.1 Å². The van der Waals surface area contributed by atoms with Gasteiger partial charge in [-0.1, -0.05) is 6.42 Å². The fourth-order valence-corrected chi connectivity index (χ4v) is 3.49. The molecule has 21 heavy (non-hydrogen) atoms. The number of nitrogens with two attached hydrogens (primary N) is 1. The molecule has 0 spiro atoms. The zero-order chi connectivity index (χ0) is 15.0. The van der Waals surface area contributed by atoms with Gasteiger partial charge < -0.3 is 10.6 Å². The molecule has 6 heteroatoms. The summed E-state index contributed by atoms with van der Waals surface area (Å²) in [5, 5.41) is 4.43. The van der Waals surface area contributed by atoms with Crippen LogP contribution in [0.1, 0.15) is 38.3 Å². The Morgan fingerprint density at radius 1 is 1.29 bits per heavy atom. The first-order valence-corrected chi connectivity index (χ1v) is 7.97. The number of hydrogen-bond donors (Lipinski definition) is 1. The Morgan fingerprint density at radius 2 is 2.10 bits per heavy atom. The molecule has 116 valence electrons. The predicted octanol–water partition coefficient (Wildman–Crippen LogP) is 1.92. The Hall–Kier alpha value is -1.56. The SMILES string of the molecule is Cc1nn(C)c2c1nc(N)n2CCCN1CCCCC1C. The van der Waals surface area contributed by atoms with Crippen molar-refractivity contribution >= 4 is 17.1 Å². The smallest absolute Gasteiger partial charge is 0.202 e. The van der Waals surface area contributed by atoms with Crippen molar-refractivity contribution < 1.29 is 0 Å². The minimum atomic E-state index is 0.604. The van der Waals surface area contributed by atoms with Gasteiger partial charge in [0.05, 0.1) is 5.69 Å². The lowest BCUT2D eigenvalue weighted by Gasteiger charge is -2.33. The van der Waals surface area contributed by atoms with Gasteiger partial charge in [-0.25, -0.2) is 4.98 Å². The first-order valence-electron chi connectivity index (χ1n) is 7.97. The number of fused-ring (bicyclic) bond motifs is 1. The minimum Gasteiger partial charge on any atom is -0.369 e. The van der Waals surface area contributed by atoms with Gasteiger partial charge in [0.25, 0.3) is 0 Å². The molecule has 2 aromatic rings. The molecule has 1 aliphatic rings. The van der Waals surface area contributed by atoms with Gasteiger partial charge in [-0.3, -0.25) is 9.25 Å². The molecule has 2 N–H and O–H groups in total. The number of nitrogens with zero attached hydrogens (tertiary/aromatic N) is 5. The van der Waals surface area contributed by atoms with Crippen LogP contribution in [0.2, 0.25) is 0 Å². The van der Waals surface area contributed by atoms with E-state index < -0.39 is 0 Å². The first kappa shape index (κ1) is 14.4. The van der Waals surface area contributed by atoms with Gasteiger partial charge in [-0.15, -0.1) is 0 Å². The third-order valence-electron chi connectivity index (χ3n) is 4.69. The van der Waals surface area contributed by atoms with Crippen molar-refractivity contribution in [2.75, 3.05) is 18.8 Å². The Labute approximate surface area is 125 Å². The molecule has 0 amide bonds. The second kappa shape index (κ2) is 5.67. The third kappa shape index (κ3) is 2.64. The molecule has 3 rings (SSSR count). The number of anilines is 1. The number of aryl methyl sites for hydroxylation is 3. The summed E-state index contributed by atoms with van der Waals surface area (Å²) in [6.45, 7) is 7.60. The lowest BCUT2D eigenvalue weighted by Crippen LogP contribution is -2.38. The summed E-state index contributed by atoms with van der Waals surface area (Å²) < 4.78 is 3.99. The molecule has 0 aromatic carbocycles. The van der Waals surface area contributed by atoms with E-state index in [9.17, 15) is 0 Å². The zero-order valence-corrected chi connectivity index (χ0v) is 13.3. The van der Waals surface area contributed by atoms with Gasteiger partial charge in [0.2, 0.25) is 5.95 Å². The second-order valence-corrected chi connectivity index (χ2v) is 6.24. The van der Waals surface area contributed by atoms with E-state index in [2.05, 4.69) is 26.5 Å². The number of hydrogen-bond acceptors (Lipinski definition) is 4. The number of imidazole rings is 1. The molecular formula is C15H26N6. The maximum absolute atomic E-state index is 6.08. The molecule has 0 saturated carbocycles. The lowest BCUT2D eigenvalue weighted by atomic mass is 10.0.